The van der Waals surface area contributed by atoms with E-state index in [1.807, 2.05) is 0 Å². The summed E-state index contributed by atoms with van der Waals surface area (Å²) >= 11 is 0. The van der Waals surface area contributed by atoms with E-state index in [9.17, 15) is 23.8 Å². The molecule has 0 heterocycles. The molecule has 0 aromatic heterocycles. The number of allylic oxidation sites excluding steroid dienone is 4. The van der Waals surface area contributed by atoms with E-state index < -0.39 is 51.1 Å². The Bertz CT molecular complexity index is 942. The van der Waals surface area contributed by atoms with Gasteiger partial charge in [0, 0.05) is 12.8 Å². The van der Waals surface area contributed by atoms with Crippen LogP contribution in [0.3, 0.4) is 0 Å². The Morgan fingerprint density at radius 3 is 1.57 bits per heavy atom. The van der Waals surface area contributed by atoms with Crippen molar-refractivity contribution in [3.05, 3.63) is 24.3 Å². The second-order valence-corrected chi connectivity index (χ2v) is 14.2. The summed E-state index contributed by atoms with van der Waals surface area (Å²) in [6, 6.07) is -1.52. The monoisotopic (exact) mass is 717 g/mol. The van der Waals surface area contributed by atoms with Crippen molar-refractivity contribution in [3.63, 3.8) is 0 Å². The van der Waals surface area contributed by atoms with Crippen LogP contribution < -0.4 is 5.73 Å². The Hall–Kier alpha value is -2.04. The number of ether oxygens (including phenoxy) is 2. The van der Waals surface area contributed by atoms with Crippen LogP contribution in [0.4, 0.5) is 0 Å². The van der Waals surface area contributed by atoms with Crippen molar-refractivity contribution in [3.8, 4) is 0 Å². The smallest absolute Gasteiger partial charge is 0.472 e. The molecule has 0 fully saturated rings. The van der Waals surface area contributed by atoms with Crippen molar-refractivity contribution < 1.29 is 47.5 Å². The standard InChI is InChI=1S/C37H68NO10P/c1-3-5-7-9-11-13-15-16-17-18-19-21-22-24-26-28-35(39)45-30-33(31-46-49(43,44)47-32-34(38)37(41)42)48-36(40)29-27-25-23-20-14-12-10-8-6-4-2/h13,15-17,33-34H,3-12,14,18-32,38H2,1-2H3,(H,41,42)(H,43,44)/b15-13+,17-16+/t33-,34+/m0/s1. The van der Waals surface area contributed by atoms with Gasteiger partial charge in [0.1, 0.15) is 12.6 Å². The predicted octanol–water partition coefficient (Wildman–Crippen LogP) is 9.11. The lowest BCUT2D eigenvalue weighted by Gasteiger charge is -2.20. The first-order valence-corrected chi connectivity index (χ1v) is 20.4. The average Bonchev–Trinajstić information content (AvgIpc) is 3.07. The van der Waals surface area contributed by atoms with Crippen molar-refractivity contribution in [1.82, 2.24) is 0 Å². The third-order valence-corrected chi connectivity index (χ3v) is 8.93. The molecule has 12 heteroatoms. The lowest BCUT2D eigenvalue weighted by atomic mass is 10.1. The van der Waals surface area contributed by atoms with Crippen LogP contribution in [0.2, 0.25) is 0 Å². The molecule has 286 valence electrons. The molecule has 0 bridgehead atoms. The van der Waals surface area contributed by atoms with Crippen molar-refractivity contribution >= 4 is 25.7 Å². The van der Waals surface area contributed by atoms with Gasteiger partial charge in [-0.25, -0.2) is 4.57 Å². The lowest BCUT2D eigenvalue weighted by molar-refractivity contribution is -0.161. The first-order chi connectivity index (χ1) is 23.6. The molecule has 0 saturated heterocycles. The molecular weight excluding hydrogens is 649 g/mol. The highest BCUT2D eigenvalue weighted by atomic mass is 31.2. The summed E-state index contributed by atoms with van der Waals surface area (Å²) in [5, 5.41) is 8.84. The highest BCUT2D eigenvalue weighted by Crippen LogP contribution is 2.43. The van der Waals surface area contributed by atoms with Crippen molar-refractivity contribution in [2.45, 2.75) is 174 Å². The minimum absolute atomic E-state index is 0.160. The Labute approximate surface area is 296 Å². The number of carboxylic acid groups (broad SMARTS) is 1. The normalized spacial score (nSPS) is 14.2. The Morgan fingerprint density at radius 2 is 1.06 bits per heavy atom. The number of esters is 2. The van der Waals surface area contributed by atoms with Gasteiger partial charge >= 0.3 is 25.7 Å². The number of hydrogen-bond donors (Lipinski definition) is 3. The van der Waals surface area contributed by atoms with E-state index in [0.29, 0.717) is 12.8 Å². The number of unbranched alkanes of at least 4 members (excludes halogenated alkanes) is 18. The molecule has 4 N–H and O–H groups in total. The lowest BCUT2D eigenvalue weighted by Crippen LogP contribution is -2.34. The van der Waals surface area contributed by atoms with Gasteiger partial charge in [0.15, 0.2) is 6.10 Å². The van der Waals surface area contributed by atoms with Crippen LogP contribution in [0.5, 0.6) is 0 Å². The van der Waals surface area contributed by atoms with Crippen LogP contribution in [0.25, 0.3) is 0 Å². The fraction of sp³-hybridized carbons (Fsp3) is 0.811. The summed E-state index contributed by atoms with van der Waals surface area (Å²) in [6.45, 7) is 2.73. The fourth-order valence-electron chi connectivity index (χ4n) is 4.94. The summed E-state index contributed by atoms with van der Waals surface area (Å²) in [4.78, 5) is 45.6. The minimum atomic E-state index is -4.71. The van der Waals surface area contributed by atoms with Crippen LogP contribution in [-0.2, 0) is 37.5 Å². The van der Waals surface area contributed by atoms with E-state index in [-0.39, 0.29) is 19.4 Å². The Balaban J connectivity index is 4.45. The van der Waals surface area contributed by atoms with Crippen molar-refractivity contribution in [2.75, 3.05) is 19.8 Å². The second kappa shape index (κ2) is 33.1. The first kappa shape index (κ1) is 47.0. The van der Waals surface area contributed by atoms with Crippen LogP contribution >= 0.6 is 7.82 Å². The zero-order valence-corrected chi connectivity index (χ0v) is 31.4. The molecule has 11 nitrogen and oxygen atoms in total. The molecular formula is C37H68NO10P. The number of phosphoric ester groups is 1. The first-order valence-electron chi connectivity index (χ1n) is 18.9. The summed E-state index contributed by atoms with van der Waals surface area (Å²) in [5.74, 6) is -2.40. The molecule has 0 aliphatic rings. The molecule has 0 amide bonds. The van der Waals surface area contributed by atoms with Crippen LogP contribution in [0, 0.1) is 0 Å². The van der Waals surface area contributed by atoms with E-state index in [4.69, 9.17) is 24.8 Å². The number of carboxylic acids is 1. The van der Waals surface area contributed by atoms with Crippen molar-refractivity contribution in [1.29, 1.82) is 0 Å². The van der Waals surface area contributed by atoms with Gasteiger partial charge in [0.05, 0.1) is 13.2 Å². The Morgan fingerprint density at radius 1 is 0.633 bits per heavy atom. The second-order valence-electron chi connectivity index (χ2n) is 12.7. The van der Waals surface area contributed by atoms with Gasteiger partial charge in [-0.05, 0) is 38.5 Å². The quantitative estimate of drug-likeness (QED) is 0.0247. The molecule has 0 rings (SSSR count). The van der Waals surface area contributed by atoms with Crippen LogP contribution in [0.15, 0.2) is 24.3 Å². The number of carbonyl (C=O) groups is 3. The molecule has 0 aliphatic heterocycles. The molecule has 0 saturated carbocycles. The fourth-order valence-corrected chi connectivity index (χ4v) is 5.71. The van der Waals surface area contributed by atoms with E-state index in [0.717, 1.165) is 57.8 Å². The maximum Gasteiger partial charge on any atom is 0.472 e. The molecule has 0 aliphatic carbocycles. The molecule has 0 aromatic rings. The molecule has 1 unspecified atom stereocenters. The molecule has 3 atom stereocenters. The van der Waals surface area contributed by atoms with Gasteiger partial charge < -0.3 is 25.2 Å². The number of phosphoric acid groups is 1. The van der Waals surface area contributed by atoms with Gasteiger partial charge in [-0.3, -0.25) is 23.4 Å². The number of nitrogens with two attached hydrogens (primary N) is 1. The van der Waals surface area contributed by atoms with Gasteiger partial charge in [-0.1, -0.05) is 134 Å². The number of rotatable bonds is 35. The number of carbonyl (C=O) groups excluding carboxylic acids is 2. The average molecular weight is 718 g/mol. The van der Waals surface area contributed by atoms with Gasteiger partial charge in [-0.2, -0.15) is 0 Å². The molecule has 49 heavy (non-hydrogen) atoms. The third kappa shape index (κ3) is 32.9. The van der Waals surface area contributed by atoms with Crippen molar-refractivity contribution in [2.24, 2.45) is 5.73 Å². The number of aliphatic carboxylic acids is 1. The molecule has 0 spiro atoms. The van der Waals surface area contributed by atoms with Crippen LogP contribution in [0.1, 0.15) is 162 Å². The summed E-state index contributed by atoms with van der Waals surface area (Å²) in [7, 11) is -4.71. The number of hydrogen-bond acceptors (Lipinski definition) is 9. The van der Waals surface area contributed by atoms with E-state index in [1.165, 1.54) is 64.2 Å². The van der Waals surface area contributed by atoms with Gasteiger partial charge in [0.2, 0.25) is 0 Å². The van der Waals surface area contributed by atoms with E-state index in [2.05, 4.69) is 42.7 Å². The predicted molar refractivity (Wildman–Crippen MR) is 194 cm³/mol. The molecule has 0 aromatic carbocycles. The summed E-state index contributed by atoms with van der Waals surface area (Å²) < 4.78 is 32.5. The highest BCUT2D eigenvalue weighted by Gasteiger charge is 2.28. The topological polar surface area (TPSA) is 172 Å². The Kier molecular flexibility index (Phi) is 31.7. The van der Waals surface area contributed by atoms with Crippen LogP contribution in [-0.4, -0.2) is 59.9 Å². The van der Waals surface area contributed by atoms with Gasteiger partial charge in [0.25, 0.3) is 0 Å². The molecule has 0 radical (unpaired) electrons. The van der Waals surface area contributed by atoms with E-state index >= 15 is 0 Å². The highest BCUT2D eigenvalue weighted by molar-refractivity contribution is 7.47. The largest absolute Gasteiger partial charge is 0.480 e. The SMILES string of the molecule is CCCCCC/C=C/C=C/CCCCCCCC(=O)OC[C@@H](COP(=O)(O)OC[C@@H](N)C(=O)O)OC(=O)CCCCCCCCCCCC. The summed E-state index contributed by atoms with van der Waals surface area (Å²) in [5.41, 5.74) is 5.31. The van der Waals surface area contributed by atoms with E-state index in [1.54, 1.807) is 0 Å². The zero-order valence-electron chi connectivity index (χ0n) is 30.5. The zero-order chi connectivity index (χ0) is 36.4. The van der Waals surface area contributed by atoms with Gasteiger partial charge in [-0.15, -0.1) is 0 Å². The minimum Gasteiger partial charge on any atom is -0.480 e. The maximum absolute atomic E-state index is 12.5. The third-order valence-electron chi connectivity index (χ3n) is 7.98. The summed E-state index contributed by atoms with van der Waals surface area (Å²) in [6.07, 6.45) is 31.1. The maximum atomic E-state index is 12.5.